The highest BCUT2D eigenvalue weighted by molar-refractivity contribution is 7.92. The first-order valence-corrected chi connectivity index (χ1v) is 14.8. The lowest BCUT2D eigenvalue weighted by molar-refractivity contribution is -0.140. The second-order valence-corrected chi connectivity index (χ2v) is 11.9. The number of benzene rings is 3. The van der Waals surface area contributed by atoms with Gasteiger partial charge in [0.05, 0.1) is 17.7 Å². The third-order valence-corrected chi connectivity index (χ3v) is 8.35. The van der Waals surface area contributed by atoms with E-state index in [0.717, 1.165) is 15.4 Å². The molecule has 0 saturated carbocycles. The van der Waals surface area contributed by atoms with Gasteiger partial charge in [-0.25, -0.2) is 8.42 Å². The fraction of sp³-hybridized carbons (Fsp3) is 0.355. The van der Waals surface area contributed by atoms with Crippen molar-refractivity contribution in [3.05, 3.63) is 89.5 Å². The minimum Gasteiger partial charge on any atom is -0.497 e. The van der Waals surface area contributed by atoms with Gasteiger partial charge in [-0.2, -0.15) is 0 Å². The molecule has 3 aromatic rings. The highest BCUT2D eigenvalue weighted by atomic mass is 32.2. The van der Waals surface area contributed by atoms with Gasteiger partial charge in [-0.15, -0.1) is 0 Å². The van der Waals surface area contributed by atoms with Crippen LogP contribution in [-0.4, -0.2) is 50.9 Å². The lowest BCUT2D eigenvalue weighted by Gasteiger charge is -2.34. The van der Waals surface area contributed by atoms with E-state index >= 15 is 0 Å². The molecule has 0 saturated heterocycles. The van der Waals surface area contributed by atoms with Gasteiger partial charge in [-0.3, -0.25) is 13.9 Å². The fourth-order valence-electron chi connectivity index (χ4n) is 4.46. The van der Waals surface area contributed by atoms with Crippen LogP contribution in [-0.2, 0) is 26.2 Å². The SMILES string of the molecule is CCC(C(=O)NC(C)C)N(Cc1cccc(OC)c1)C(=O)CN(c1ccccc1C)S(=O)(=O)c1ccc(C)cc1. The van der Waals surface area contributed by atoms with E-state index in [2.05, 4.69) is 5.32 Å². The van der Waals surface area contributed by atoms with Crippen molar-refractivity contribution in [3.63, 3.8) is 0 Å². The summed E-state index contributed by atoms with van der Waals surface area (Å²) in [6, 6.07) is 19.9. The molecule has 1 N–H and O–H groups in total. The number of ether oxygens (including phenoxy) is 1. The van der Waals surface area contributed by atoms with E-state index in [9.17, 15) is 18.0 Å². The molecule has 0 aliphatic rings. The summed E-state index contributed by atoms with van der Waals surface area (Å²) < 4.78 is 34.4. The quantitative estimate of drug-likeness (QED) is 0.339. The zero-order chi connectivity index (χ0) is 29.4. The largest absolute Gasteiger partial charge is 0.497 e. The van der Waals surface area contributed by atoms with E-state index in [-0.39, 0.29) is 23.4 Å². The molecule has 0 heterocycles. The lowest BCUT2D eigenvalue weighted by Crippen LogP contribution is -2.53. The van der Waals surface area contributed by atoms with Crippen LogP contribution in [0.4, 0.5) is 5.69 Å². The maximum absolute atomic E-state index is 14.1. The van der Waals surface area contributed by atoms with Crippen molar-refractivity contribution >= 4 is 27.5 Å². The molecule has 0 aliphatic heterocycles. The standard InChI is InChI=1S/C31H39N3O5S/c1-7-28(31(36)32-22(2)3)33(20-25-12-10-13-26(19-25)39-6)30(35)21-34(29-14-9-8-11-24(29)5)40(37,38)27-17-15-23(4)16-18-27/h8-19,22,28H,7,20-21H2,1-6H3,(H,32,36). The second kappa shape index (κ2) is 13.5. The lowest BCUT2D eigenvalue weighted by atomic mass is 10.1. The molecule has 40 heavy (non-hydrogen) atoms. The predicted molar refractivity (Wildman–Crippen MR) is 158 cm³/mol. The van der Waals surface area contributed by atoms with E-state index in [4.69, 9.17) is 4.74 Å². The molecule has 0 bridgehead atoms. The molecule has 0 aromatic heterocycles. The van der Waals surface area contributed by atoms with Crippen LogP contribution in [0.3, 0.4) is 0 Å². The molecule has 8 nitrogen and oxygen atoms in total. The highest BCUT2D eigenvalue weighted by Crippen LogP contribution is 2.28. The third-order valence-electron chi connectivity index (χ3n) is 6.58. The van der Waals surface area contributed by atoms with Gasteiger partial charge in [0.25, 0.3) is 10.0 Å². The van der Waals surface area contributed by atoms with Gasteiger partial charge in [-0.1, -0.05) is 55.0 Å². The normalized spacial score (nSPS) is 12.1. The molecule has 0 radical (unpaired) electrons. The minimum atomic E-state index is -4.11. The number of nitrogens with one attached hydrogen (secondary N) is 1. The summed E-state index contributed by atoms with van der Waals surface area (Å²) in [5.41, 5.74) is 2.78. The maximum Gasteiger partial charge on any atom is 0.264 e. The molecule has 0 fully saturated rings. The Hall–Kier alpha value is -3.85. The van der Waals surface area contributed by atoms with Crippen molar-refractivity contribution < 1.29 is 22.7 Å². The summed E-state index contributed by atoms with van der Waals surface area (Å²) in [5, 5.41) is 2.90. The van der Waals surface area contributed by atoms with E-state index in [1.165, 1.54) is 4.90 Å². The van der Waals surface area contributed by atoms with Crippen LogP contribution in [0.1, 0.15) is 43.9 Å². The van der Waals surface area contributed by atoms with Crippen molar-refractivity contribution in [3.8, 4) is 5.75 Å². The van der Waals surface area contributed by atoms with E-state index in [1.807, 2.05) is 45.9 Å². The van der Waals surface area contributed by atoms with Crippen LogP contribution in [0.15, 0.2) is 77.7 Å². The van der Waals surface area contributed by atoms with Crippen LogP contribution in [0, 0.1) is 13.8 Å². The Morgan fingerprint density at radius 3 is 2.23 bits per heavy atom. The van der Waals surface area contributed by atoms with Gasteiger partial charge in [0.2, 0.25) is 11.8 Å². The predicted octanol–water partition coefficient (Wildman–Crippen LogP) is 4.84. The van der Waals surface area contributed by atoms with Crippen LogP contribution in [0.5, 0.6) is 5.75 Å². The molecule has 0 aliphatic carbocycles. The molecule has 2 amide bonds. The van der Waals surface area contributed by atoms with E-state index < -0.39 is 28.5 Å². The molecule has 0 spiro atoms. The number of sulfonamides is 1. The number of aryl methyl sites for hydroxylation is 2. The Labute approximate surface area is 238 Å². The molecule has 9 heteroatoms. The van der Waals surface area contributed by atoms with Gasteiger partial charge < -0.3 is 15.0 Å². The van der Waals surface area contributed by atoms with Crippen LogP contribution < -0.4 is 14.4 Å². The van der Waals surface area contributed by atoms with Gasteiger partial charge in [-0.05, 0) is 75.6 Å². The number of anilines is 1. The summed E-state index contributed by atoms with van der Waals surface area (Å²) in [5.74, 6) is -0.168. The Kier molecular flexibility index (Phi) is 10.3. The van der Waals surface area contributed by atoms with Crippen molar-refractivity contribution in [1.82, 2.24) is 10.2 Å². The van der Waals surface area contributed by atoms with Crippen LogP contribution in [0.25, 0.3) is 0 Å². The molecule has 1 atom stereocenters. The van der Waals surface area contributed by atoms with E-state index in [1.54, 1.807) is 68.6 Å². The number of para-hydroxylation sites is 1. The third kappa shape index (κ3) is 7.41. The van der Waals surface area contributed by atoms with Crippen molar-refractivity contribution in [2.45, 2.75) is 64.6 Å². The Bertz CT molecular complexity index is 1420. The van der Waals surface area contributed by atoms with Gasteiger partial charge in [0.1, 0.15) is 18.3 Å². The van der Waals surface area contributed by atoms with Gasteiger partial charge >= 0.3 is 0 Å². The summed E-state index contributed by atoms with van der Waals surface area (Å²) in [4.78, 5) is 28.9. The topological polar surface area (TPSA) is 96.0 Å². The Balaban J connectivity index is 2.08. The van der Waals surface area contributed by atoms with Gasteiger partial charge in [0.15, 0.2) is 0 Å². The summed E-state index contributed by atoms with van der Waals surface area (Å²) in [6.45, 7) is 8.85. The van der Waals surface area contributed by atoms with E-state index in [0.29, 0.717) is 23.4 Å². The number of hydrogen-bond acceptors (Lipinski definition) is 5. The van der Waals surface area contributed by atoms with Crippen LogP contribution in [0.2, 0.25) is 0 Å². The maximum atomic E-state index is 14.1. The van der Waals surface area contributed by atoms with Gasteiger partial charge in [0, 0.05) is 12.6 Å². The number of carbonyl (C=O) groups is 2. The zero-order valence-electron chi connectivity index (χ0n) is 24.0. The highest BCUT2D eigenvalue weighted by Gasteiger charge is 2.34. The number of amides is 2. The molecular weight excluding hydrogens is 526 g/mol. The number of nitrogens with zero attached hydrogens (tertiary/aromatic N) is 2. The number of hydrogen-bond donors (Lipinski definition) is 1. The fourth-order valence-corrected chi connectivity index (χ4v) is 5.94. The molecule has 3 rings (SSSR count). The van der Waals surface area contributed by atoms with Crippen molar-refractivity contribution in [1.29, 1.82) is 0 Å². The second-order valence-electron chi connectivity index (χ2n) is 10.1. The molecule has 3 aromatic carbocycles. The molecule has 214 valence electrons. The monoisotopic (exact) mass is 565 g/mol. The molecular formula is C31H39N3O5S. The summed E-state index contributed by atoms with van der Waals surface area (Å²) >= 11 is 0. The van der Waals surface area contributed by atoms with Crippen LogP contribution >= 0.6 is 0 Å². The number of methoxy groups -OCH3 is 1. The summed E-state index contributed by atoms with van der Waals surface area (Å²) in [6.07, 6.45) is 0.351. The number of rotatable bonds is 12. The Morgan fingerprint density at radius 1 is 0.950 bits per heavy atom. The first-order chi connectivity index (χ1) is 19.0. The average Bonchev–Trinajstić information content (AvgIpc) is 2.92. The van der Waals surface area contributed by atoms with Crippen molar-refractivity contribution in [2.75, 3.05) is 18.0 Å². The first kappa shape index (κ1) is 30.7. The smallest absolute Gasteiger partial charge is 0.264 e. The molecule has 1 unspecified atom stereocenters. The van der Waals surface area contributed by atoms with Crippen molar-refractivity contribution in [2.24, 2.45) is 0 Å². The average molecular weight is 566 g/mol. The first-order valence-electron chi connectivity index (χ1n) is 13.4. The number of carbonyl (C=O) groups excluding carboxylic acids is 2. The summed E-state index contributed by atoms with van der Waals surface area (Å²) in [7, 11) is -2.55. The zero-order valence-corrected chi connectivity index (χ0v) is 24.9. The Morgan fingerprint density at radius 2 is 1.62 bits per heavy atom. The minimum absolute atomic E-state index is 0.0816.